The molecule has 0 spiro atoms. The van der Waals surface area contributed by atoms with Crippen LogP contribution in [0.15, 0.2) is 54.1 Å². The molecule has 7 rings (SSSR count). The molecule has 4 aliphatic heterocycles. The van der Waals surface area contributed by atoms with Crippen LogP contribution >= 0.6 is 23.4 Å². The predicted octanol–water partition coefficient (Wildman–Crippen LogP) is 5.11. The van der Waals surface area contributed by atoms with Gasteiger partial charge in [0.25, 0.3) is 5.91 Å². The van der Waals surface area contributed by atoms with Crippen molar-refractivity contribution in [1.29, 1.82) is 0 Å². The van der Waals surface area contributed by atoms with Crippen molar-refractivity contribution in [3.8, 4) is 5.75 Å². The summed E-state index contributed by atoms with van der Waals surface area (Å²) in [7, 11) is 7.73. The van der Waals surface area contributed by atoms with Crippen LogP contribution in [0.2, 0.25) is 5.02 Å². The maximum absolute atomic E-state index is 14.2. The number of likely N-dealkylation sites (N-methyl/N-ethyl adjacent to an activating group) is 1. The molecule has 6 amide bonds. The first-order valence-corrected chi connectivity index (χ1v) is 27.5. The third kappa shape index (κ3) is 14.3. The van der Waals surface area contributed by atoms with E-state index in [1.165, 1.54) is 49.8 Å². The summed E-state index contributed by atoms with van der Waals surface area (Å²) in [5, 5.41) is 20.6. The quantitative estimate of drug-likeness (QED) is 0.0972. The van der Waals surface area contributed by atoms with Crippen molar-refractivity contribution in [3.63, 3.8) is 0 Å². The minimum absolute atomic E-state index is 0.0246. The molecule has 1 saturated carbocycles. The number of allylic oxidation sites excluding steroid dienone is 3. The van der Waals surface area contributed by atoms with E-state index >= 15 is 0 Å². The molecular formula is C55H73ClN6O13S. The second-order valence-electron chi connectivity index (χ2n) is 20.8. The molecule has 4 bridgehead atoms. The van der Waals surface area contributed by atoms with E-state index in [-0.39, 0.29) is 65.5 Å². The van der Waals surface area contributed by atoms with E-state index in [0.29, 0.717) is 49.7 Å². The third-order valence-electron chi connectivity index (χ3n) is 15.4. The molecule has 19 nitrogen and oxygen atoms in total. The number of epoxide rings is 1. The number of benzene rings is 2. The van der Waals surface area contributed by atoms with Crippen molar-refractivity contribution in [3.05, 3.63) is 81.4 Å². The lowest BCUT2D eigenvalue weighted by molar-refractivity contribution is -0.159. The number of aliphatic hydroxyl groups is 1. The number of anilines is 1. The zero-order valence-electron chi connectivity index (χ0n) is 44.7. The zero-order chi connectivity index (χ0) is 55.0. The van der Waals surface area contributed by atoms with E-state index in [0.717, 1.165) is 53.5 Å². The lowest BCUT2D eigenvalue weighted by Crippen LogP contribution is -2.63. The van der Waals surface area contributed by atoms with E-state index in [9.17, 15) is 38.7 Å². The Morgan fingerprint density at radius 3 is 2.53 bits per heavy atom. The van der Waals surface area contributed by atoms with Crippen molar-refractivity contribution < 1.29 is 62.4 Å². The first-order chi connectivity index (χ1) is 36.2. The monoisotopic (exact) mass is 1090 g/mol. The number of nitrogens with one attached hydrogen (secondary N) is 3. The molecule has 0 radical (unpaired) electrons. The van der Waals surface area contributed by atoms with E-state index in [2.05, 4.69) is 16.0 Å². The molecule has 4 heterocycles. The maximum Gasteiger partial charge on any atom is 0.409 e. The van der Waals surface area contributed by atoms with Crippen LogP contribution in [0.1, 0.15) is 92.8 Å². The van der Waals surface area contributed by atoms with E-state index < -0.39 is 66.2 Å². The molecule has 6 unspecified atom stereocenters. The fourth-order valence-electron chi connectivity index (χ4n) is 10.4. The number of amides is 6. The largest absolute Gasteiger partial charge is 0.495 e. The van der Waals surface area contributed by atoms with E-state index in [1.54, 1.807) is 50.2 Å². The summed E-state index contributed by atoms with van der Waals surface area (Å²) in [6.07, 6.45) is 3.71. The molecule has 0 aromatic heterocycles. The zero-order valence-corrected chi connectivity index (χ0v) is 46.3. The van der Waals surface area contributed by atoms with Gasteiger partial charge in [-0.15, -0.1) is 0 Å². The molecule has 414 valence electrons. The Hall–Kier alpha value is -5.67. The van der Waals surface area contributed by atoms with Gasteiger partial charge in [0.05, 0.1) is 31.1 Å². The van der Waals surface area contributed by atoms with Crippen LogP contribution in [0.3, 0.4) is 0 Å². The number of fused-ring (bicyclic) bond motifs is 6. The molecule has 1 aliphatic carbocycles. The van der Waals surface area contributed by atoms with E-state index in [4.69, 9.17) is 35.3 Å². The highest BCUT2D eigenvalue weighted by Crippen LogP contribution is 2.42. The van der Waals surface area contributed by atoms with Crippen LogP contribution in [0.4, 0.5) is 10.5 Å². The minimum atomic E-state index is -1.85. The number of esters is 1. The molecule has 76 heavy (non-hydrogen) atoms. The average Bonchev–Trinajstić information content (AvgIpc) is 4.15. The highest BCUT2D eigenvalue weighted by Gasteiger charge is 2.56. The Morgan fingerprint density at radius 1 is 1.05 bits per heavy atom. The lowest BCUT2D eigenvalue weighted by Gasteiger charge is -2.41. The standard InChI is InChI=1S/C55H73ClN6O13S/c1-31-10-9-11-44(72-8)55(70)27-43(74-54(69)59-55)32(2)49-50(75-49)42(26-47(65)62(6)40-24-36(22-31)25-41(71-7)48(40)56)73-53(68)33(3)61(5)46(64)19-21-76-30-45(63)58-28-35-13-15-37(16-14-35)51(66)57-20-18-34-12-17-38-29-60(4)52(67)39(38)23-34/h9-12,17,23-25,32-33,35,37,42-44,49-50,70H,13-16,18-22,26-30H2,1-8H3,(H,57,66)(H,58,63)(H,59,69)/b11-9+,31-10+/t32?,33-,35?,37?,42-,43?,44?,49?,50?,55?/m0/s1. The van der Waals surface area contributed by atoms with Gasteiger partial charge >= 0.3 is 12.1 Å². The summed E-state index contributed by atoms with van der Waals surface area (Å²) < 4.78 is 29.1. The van der Waals surface area contributed by atoms with Gasteiger partial charge in [-0.2, -0.15) is 11.8 Å². The number of hydrogen-bond acceptors (Lipinski definition) is 14. The Bertz CT molecular complexity index is 2570. The number of methoxy groups -OCH3 is 2. The number of nitrogens with zero attached hydrogens (tertiary/aromatic N) is 3. The maximum atomic E-state index is 14.2. The summed E-state index contributed by atoms with van der Waals surface area (Å²) in [6, 6.07) is 8.41. The summed E-state index contributed by atoms with van der Waals surface area (Å²) in [4.78, 5) is 97.0. The second kappa shape index (κ2) is 25.7. The van der Waals surface area contributed by atoms with Gasteiger partial charge in [-0.1, -0.05) is 54.5 Å². The van der Waals surface area contributed by atoms with Gasteiger partial charge in [-0.3, -0.25) is 29.3 Å². The van der Waals surface area contributed by atoms with Gasteiger partial charge in [0, 0.05) is 83.9 Å². The van der Waals surface area contributed by atoms with Crippen LogP contribution in [-0.2, 0) is 62.3 Å². The first-order valence-electron chi connectivity index (χ1n) is 26.0. The Morgan fingerprint density at radius 2 is 1.80 bits per heavy atom. The number of thioether (sulfide) groups is 1. The number of ether oxygens (including phenoxy) is 5. The van der Waals surface area contributed by atoms with Crippen molar-refractivity contribution in [2.24, 2.45) is 17.8 Å². The summed E-state index contributed by atoms with van der Waals surface area (Å²) in [6.45, 7) is 6.83. The fraction of sp³-hybridized carbons (Fsp3) is 0.582. The molecule has 4 N–H and O–H groups in total. The molecule has 8 atom stereocenters. The fourth-order valence-corrected chi connectivity index (χ4v) is 11.5. The topological polar surface area (TPSA) is 235 Å². The Balaban J connectivity index is 0.886. The molecule has 2 saturated heterocycles. The molecule has 2 aromatic rings. The number of carbonyl (C=O) groups is 7. The molecule has 21 heteroatoms. The van der Waals surface area contributed by atoms with Crippen LogP contribution < -0.4 is 25.6 Å². The van der Waals surface area contributed by atoms with Gasteiger partial charge in [-0.05, 0) is 93.2 Å². The highest BCUT2D eigenvalue weighted by atomic mass is 35.5. The van der Waals surface area contributed by atoms with Gasteiger partial charge in [0.2, 0.25) is 23.6 Å². The number of halogens is 1. The van der Waals surface area contributed by atoms with Crippen molar-refractivity contribution in [2.75, 3.05) is 64.9 Å². The van der Waals surface area contributed by atoms with Crippen LogP contribution in [0.5, 0.6) is 5.75 Å². The lowest BCUT2D eigenvalue weighted by atomic mass is 9.81. The molecule has 3 fully saturated rings. The highest BCUT2D eigenvalue weighted by molar-refractivity contribution is 7.99. The third-order valence-corrected chi connectivity index (χ3v) is 16.7. The van der Waals surface area contributed by atoms with Gasteiger partial charge in [0.15, 0.2) is 5.72 Å². The molecule has 5 aliphatic rings. The molecule has 2 aromatic carbocycles. The van der Waals surface area contributed by atoms with Crippen LogP contribution in [0, 0.1) is 17.8 Å². The SMILES string of the molecule is COc1cc2cc(c1Cl)N(C)C(=O)C[C@H](OC(=O)[C@H](C)N(C)C(=O)CCSCC(=O)NCC1CCC(C(=O)NCCc3ccc4c(c3)C(=O)N(C)C4)CC1)C1OC1C(C)C1CC(O)(NC(=O)O1)C(OC)/C=C/C=C(\C)C2. The van der Waals surface area contributed by atoms with Crippen molar-refractivity contribution in [2.45, 2.75) is 127 Å². The van der Waals surface area contributed by atoms with Gasteiger partial charge < -0.3 is 54.1 Å². The number of alkyl carbamates (subject to hydrolysis) is 1. The summed E-state index contributed by atoms with van der Waals surface area (Å²) in [5.41, 5.74) is 2.98. The van der Waals surface area contributed by atoms with Crippen LogP contribution in [-0.4, -0.2) is 159 Å². The van der Waals surface area contributed by atoms with Gasteiger partial charge in [0.1, 0.15) is 41.2 Å². The smallest absolute Gasteiger partial charge is 0.409 e. The first kappa shape index (κ1) is 58.0. The summed E-state index contributed by atoms with van der Waals surface area (Å²) >= 11 is 8.10. The number of hydrogen-bond donors (Lipinski definition) is 4. The average molecular weight is 1090 g/mol. The normalized spacial score (nSPS) is 28.1. The van der Waals surface area contributed by atoms with E-state index in [1.807, 2.05) is 31.2 Å². The Kier molecular flexibility index (Phi) is 19.6. The second-order valence-corrected chi connectivity index (χ2v) is 22.3. The Labute approximate surface area is 454 Å². The van der Waals surface area contributed by atoms with Gasteiger partial charge in [-0.25, -0.2) is 9.59 Å². The number of rotatable bonds is 16. The molecular weight excluding hydrogens is 1020 g/mol. The predicted molar refractivity (Wildman–Crippen MR) is 286 cm³/mol. The van der Waals surface area contributed by atoms with Crippen molar-refractivity contribution >= 4 is 70.6 Å². The van der Waals surface area contributed by atoms with Crippen molar-refractivity contribution in [1.82, 2.24) is 25.8 Å². The summed E-state index contributed by atoms with van der Waals surface area (Å²) in [5.74, 6) is -1.24. The number of carbonyl (C=O) groups excluding carboxylic acids is 7. The van der Waals surface area contributed by atoms with Crippen LogP contribution in [0.25, 0.3) is 0 Å². The minimum Gasteiger partial charge on any atom is -0.495 e.